The zero-order valence-electron chi connectivity index (χ0n) is 14.6. The monoisotopic (exact) mass is 360 g/mol. The van der Waals surface area contributed by atoms with E-state index in [2.05, 4.69) is 20.2 Å². The minimum absolute atomic E-state index is 0.112. The lowest BCUT2D eigenvalue weighted by atomic mass is 10.0. The van der Waals surface area contributed by atoms with Crippen LogP contribution in [0.25, 0.3) is 0 Å². The fourth-order valence-corrected chi connectivity index (χ4v) is 3.28. The van der Waals surface area contributed by atoms with E-state index in [9.17, 15) is 0 Å². The molecular formula is C19H25ClN4O. The van der Waals surface area contributed by atoms with Crippen molar-refractivity contribution in [2.24, 2.45) is 0 Å². The number of rotatable bonds is 7. The Balaban J connectivity index is 1.75. The summed E-state index contributed by atoms with van der Waals surface area (Å²) in [5, 5.41) is 4.27. The highest BCUT2D eigenvalue weighted by atomic mass is 35.5. The number of nitrogens with zero attached hydrogens (tertiary/aromatic N) is 3. The zero-order chi connectivity index (χ0) is 17.5. The standard InChI is InChI=1S/C19H25ClN4O/c1-25-12-9-17(15-5-7-16(20)8-6-15)23-18-13-19(22-14-21-18)24-10-3-2-4-11-24/h5-8,13-14,17H,2-4,9-12H2,1H3,(H,21,22,23). The van der Waals surface area contributed by atoms with Crippen molar-refractivity contribution in [2.45, 2.75) is 31.7 Å². The van der Waals surface area contributed by atoms with Gasteiger partial charge in [0.2, 0.25) is 0 Å². The van der Waals surface area contributed by atoms with Crippen LogP contribution in [-0.2, 0) is 4.74 Å². The van der Waals surface area contributed by atoms with Crippen molar-refractivity contribution in [3.8, 4) is 0 Å². The Bertz CT molecular complexity index is 659. The van der Waals surface area contributed by atoms with Gasteiger partial charge in [-0.05, 0) is 43.4 Å². The Labute approximate surface area is 154 Å². The molecule has 1 saturated heterocycles. The topological polar surface area (TPSA) is 50.3 Å². The minimum Gasteiger partial charge on any atom is -0.385 e. The van der Waals surface area contributed by atoms with Crippen molar-refractivity contribution in [1.82, 2.24) is 9.97 Å². The summed E-state index contributed by atoms with van der Waals surface area (Å²) in [6.07, 6.45) is 6.26. The van der Waals surface area contributed by atoms with Gasteiger partial charge < -0.3 is 15.0 Å². The molecule has 0 aliphatic carbocycles. The fraction of sp³-hybridized carbons (Fsp3) is 0.474. The molecule has 1 unspecified atom stereocenters. The third kappa shape index (κ3) is 5.06. The number of hydrogen-bond acceptors (Lipinski definition) is 5. The lowest BCUT2D eigenvalue weighted by Gasteiger charge is -2.28. The smallest absolute Gasteiger partial charge is 0.134 e. The number of hydrogen-bond donors (Lipinski definition) is 1. The van der Waals surface area contributed by atoms with E-state index in [0.717, 1.165) is 36.2 Å². The average molecular weight is 361 g/mol. The number of nitrogens with one attached hydrogen (secondary N) is 1. The molecule has 1 aliphatic rings. The van der Waals surface area contributed by atoms with Crippen molar-refractivity contribution >= 4 is 23.2 Å². The van der Waals surface area contributed by atoms with E-state index in [1.807, 2.05) is 30.3 Å². The van der Waals surface area contributed by atoms with Gasteiger partial charge in [0.25, 0.3) is 0 Å². The average Bonchev–Trinajstić information content (AvgIpc) is 2.67. The lowest BCUT2D eigenvalue weighted by Crippen LogP contribution is -2.30. The van der Waals surface area contributed by atoms with E-state index in [0.29, 0.717) is 6.61 Å². The highest BCUT2D eigenvalue weighted by Gasteiger charge is 2.15. The first-order chi connectivity index (χ1) is 12.3. The second kappa shape index (κ2) is 9.02. The summed E-state index contributed by atoms with van der Waals surface area (Å²) in [6.45, 7) is 2.81. The fourth-order valence-electron chi connectivity index (χ4n) is 3.15. The number of halogens is 1. The van der Waals surface area contributed by atoms with Crippen LogP contribution in [0.5, 0.6) is 0 Å². The van der Waals surface area contributed by atoms with Gasteiger partial charge in [0.05, 0.1) is 6.04 Å². The number of aromatic nitrogens is 2. The molecule has 2 heterocycles. The normalized spacial score (nSPS) is 15.8. The van der Waals surface area contributed by atoms with Crippen molar-refractivity contribution in [2.75, 3.05) is 37.0 Å². The van der Waals surface area contributed by atoms with E-state index in [-0.39, 0.29) is 6.04 Å². The van der Waals surface area contributed by atoms with E-state index < -0.39 is 0 Å². The second-order valence-electron chi connectivity index (χ2n) is 6.34. The summed E-state index contributed by atoms with van der Waals surface area (Å²) in [7, 11) is 1.72. The lowest BCUT2D eigenvalue weighted by molar-refractivity contribution is 0.190. The molecule has 6 heteroatoms. The Kier molecular flexibility index (Phi) is 6.48. The SMILES string of the molecule is COCCC(Nc1cc(N2CCCCC2)ncn1)c1ccc(Cl)cc1. The molecule has 1 fully saturated rings. The number of anilines is 2. The summed E-state index contributed by atoms with van der Waals surface area (Å²) < 4.78 is 5.27. The molecule has 1 aromatic carbocycles. The molecule has 5 nitrogen and oxygen atoms in total. The van der Waals surface area contributed by atoms with Crippen molar-refractivity contribution in [1.29, 1.82) is 0 Å². The summed E-state index contributed by atoms with van der Waals surface area (Å²) >= 11 is 6.02. The molecule has 3 rings (SSSR count). The Morgan fingerprint density at radius 3 is 2.64 bits per heavy atom. The maximum absolute atomic E-state index is 6.02. The van der Waals surface area contributed by atoms with Gasteiger partial charge in [-0.15, -0.1) is 0 Å². The van der Waals surface area contributed by atoms with Crippen molar-refractivity contribution in [3.63, 3.8) is 0 Å². The first-order valence-electron chi connectivity index (χ1n) is 8.84. The minimum atomic E-state index is 0.112. The van der Waals surface area contributed by atoms with Gasteiger partial charge in [-0.25, -0.2) is 9.97 Å². The molecule has 0 bridgehead atoms. The van der Waals surface area contributed by atoms with Gasteiger partial charge >= 0.3 is 0 Å². The Hall–Kier alpha value is -1.85. The van der Waals surface area contributed by atoms with Gasteiger partial charge in [0, 0.05) is 37.9 Å². The van der Waals surface area contributed by atoms with Gasteiger partial charge in [-0.3, -0.25) is 0 Å². The quantitative estimate of drug-likeness (QED) is 0.797. The molecule has 0 radical (unpaired) electrons. The predicted octanol–water partition coefficient (Wildman–Crippen LogP) is 4.31. The van der Waals surface area contributed by atoms with Gasteiger partial charge in [0.1, 0.15) is 18.0 Å². The highest BCUT2D eigenvalue weighted by Crippen LogP contribution is 2.25. The third-order valence-electron chi connectivity index (χ3n) is 4.54. The van der Waals surface area contributed by atoms with E-state index in [1.165, 1.54) is 24.8 Å². The second-order valence-corrected chi connectivity index (χ2v) is 6.78. The summed E-state index contributed by atoms with van der Waals surface area (Å²) in [4.78, 5) is 11.2. The molecule has 1 atom stereocenters. The van der Waals surface area contributed by atoms with Crippen molar-refractivity contribution in [3.05, 3.63) is 47.2 Å². The summed E-state index contributed by atoms with van der Waals surface area (Å²) in [5.41, 5.74) is 1.17. The van der Waals surface area contributed by atoms with Crippen LogP contribution in [0.2, 0.25) is 5.02 Å². The van der Waals surface area contributed by atoms with Gasteiger partial charge in [0.15, 0.2) is 0 Å². The summed E-state index contributed by atoms with van der Waals surface area (Å²) in [6, 6.07) is 10.1. The molecule has 1 aromatic heterocycles. The molecular weight excluding hydrogens is 336 g/mol. The Morgan fingerprint density at radius 1 is 1.16 bits per heavy atom. The largest absolute Gasteiger partial charge is 0.385 e. The van der Waals surface area contributed by atoms with Crippen LogP contribution in [-0.4, -0.2) is 36.8 Å². The van der Waals surface area contributed by atoms with Crippen LogP contribution in [0.4, 0.5) is 11.6 Å². The number of methoxy groups -OCH3 is 1. The van der Waals surface area contributed by atoms with Crippen LogP contribution < -0.4 is 10.2 Å². The van der Waals surface area contributed by atoms with Crippen LogP contribution in [0, 0.1) is 0 Å². The first-order valence-corrected chi connectivity index (χ1v) is 9.22. The molecule has 134 valence electrons. The predicted molar refractivity (Wildman–Crippen MR) is 102 cm³/mol. The number of piperidine rings is 1. The maximum Gasteiger partial charge on any atom is 0.134 e. The molecule has 0 spiro atoms. The van der Waals surface area contributed by atoms with Crippen LogP contribution >= 0.6 is 11.6 Å². The first kappa shape index (κ1) is 18.0. The molecule has 25 heavy (non-hydrogen) atoms. The molecule has 0 amide bonds. The Morgan fingerprint density at radius 2 is 1.92 bits per heavy atom. The summed E-state index contributed by atoms with van der Waals surface area (Å²) in [5.74, 6) is 1.84. The maximum atomic E-state index is 6.02. The third-order valence-corrected chi connectivity index (χ3v) is 4.79. The van der Waals surface area contributed by atoms with Crippen molar-refractivity contribution < 1.29 is 4.74 Å². The molecule has 1 aliphatic heterocycles. The number of ether oxygens (including phenoxy) is 1. The number of benzene rings is 1. The molecule has 2 aromatic rings. The van der Waals surface area contributed by atoms with E-state index >= 15 is 0 Å². The van der Waals surface area contributed by atoms with E-state index in [1.54, 1.807) is 13.4 Å². The van der Waals surface area contributed by atoms with Gasteiger partial charge in [-0.2, -0.15) is 0 Å². The highest BCUT2D eigenvalue weighted by molar-refractivity contribution is 6.30. The molecule has 1 N–H and O–H groups in total. The van der Waals surface area contributed by atoms with Crippen LogP contribution in [0.1, 0.15) is 37.3 Å². The molecule has 0 saturated carbocycles. The van der Waals surface area contributed by atoms with E-state index in [4.69, 9.17) is 16.3 Å². The van der Waals surface area contributed by atoms with Crippen LogP contribution in [0.15, 0.2) is 36.7 Å². The van der Waals surface area contributed by atoms with Crippen LogP contribution in [0.3, 0.4) is 0 Å². The van der Waals surface area contributed by atoms with Gasteiger partial charge in [-0.1, -0.05) is 23.7 Å². The zero-order valence-corrected chi connectivity index (χ0v) is 15.4.